The molecule has 154 valence electrons. The van der Waals surface area contributed by atoms with Gasteiger partial charge >= 0.3 is 5.97 Å². The average Bonchev–Trinajstić information content (AvgIpc) is 2.67. The van der Waals surface area contributed by atoms with Crippen molar-refractivity contribution >= 4 is 46.8 Å². The van der Waals surface area contributed by atoms with Gasteiger partial charge in [0.2, 0.25) is 5.91 Å². The van der Waals surface area contributed by atoms with Gasteiger partial charge in [0.15, 0.2) is 6.10 Å². The molecule has 1 aliphatic carbocycles. The van der Waals surface area contributed by atoms with E-state index >= 15 is 0 Å². The summed E-state index contributed by atoms with van der Waals surface area (Å²) in [5.41, 5.74) is 0.533. The minimum absolute atomic E-state index is 0.0245. The number of hydrogen-bond acceptors (Lipinski definition) is 5. The van der Waals surface area contributed by atoms with Crippen LogP contribution in [-0.4, -0.2) is 53.4 Å². The van der Waals surface area contributed by atoms with Gasteiger partial charge in [-0.1, -0.05) is 36.9 Å². The standard InChI is InChI=1S/C20H27ClN2O4S/c1-14(20(26)22-16-8-6-7-15(21)11-16)27-19(25)13-28-12-18(24)23(2)17-9-4-3-5-10-17/h6-8,11,14,17H,3-5,9-10,12-13H2,1-2H3,(H,22,26)/t14-/m0/s1. The second-order valence-corrected chi connectivity index (χ2v) is 8.34. The van der Waals surface area contributed by atoms with E-state index in [-0.39, 0.29) is 17.4 Å². The molecule has 2 rings (SSSR count). The molecule has 2 amide bonds. The maximum atomic E-state index is 12.3. The molecular weight excluding hydrogens is 400 g/mol. The fourth-order valence-corrected chi connectivity index (χ4v) is 4.00. The van der Waals surface area contributed by atoms with E-state index in [1.54, 1.807) is 29.2 Å². The zero-order chi connectivity index (χ0) is 20.5. The van der Waals surface area contributed by atoms with Crippen LogP contribution in [0.2, 0.25) is 5.02 Å². The first-order chi connectivity index (χ1) is 13.4. The van der Waals surface area contributed by atoms with E-state index < -0.39 is 18.0 Å². The molecule has 0 saturated heterocycles. The van der Waals surface area contributed by atoms with Crippen LogP contribution in [0, 0.1) is 0 Å². The van der Waals surface area contributed by atoms with E-state index in [1.807, 2.05) is 7.05 Å². The van der Waals surface area contributed by atoms with Gasteiger partial charge in [-0.2, -0.15) is 0 Å². The molecule has 28 heavy (non-hydrogen) atoms. The Morgan fingerprint density at radius 2 is 1.96 bits per heavy atom. The maximum Gasteiger partial charge on any atom is 0.316 e. The van der Waals surface area contributed by atoms with Gasteiger partial charge in [-0.3, -0.25) is 14.4 Å². The molecule has 1 atom stereocenters. The minimum Gasteiger partial charge on any atom is -0.452 e. The topological polar surface area (TPSA) is 75.7 Å². The zero-order valence-electron chi connectivity index (χ0n) is 16.3. The number of nitrogens with one attached hydrogen (secondary N) is 1. The van der Waals surface area contributed by atoms with Crippen molar-refractivity contribution < 1.29 is 19.1 Å². The van der Waals surface area contributed by atoms with Crippen molar-refractivity contribution in [3.8, 4) is 0 Å². The highest BCUT2D eigenvalue weighted by atomic mass is 35.5. The summed E-state index contributed by atoms with van der Waals surface area (Å²) in [7, 11) is 1.83. The second-order valence-electron chi connectivity index (χ2n) is 6.92. The molecule has 1 aromatic carbocycles. The molecule has 0 spiro atoms. The number of ether oxygens (including phenoxy) is 1. The highest BCUT2D eigenvalue weighted by molar-refractivity contribution is 8.00. The Morgan fingerprint density at radius 1 is 1.25 bits per heavy atom. The van der Waals surface area contributed by atoms with Crippen LogP contribution in [0.1, 0.15) is 39.0 Å². The van der Waals surface area contributed by atoms with Crippen LogP contribution >= 0.6 is 23.4 Å². The molecule has 8 heteroatoms. The van der Waals surface area contributed by atoms with Crippen LogP contribution in [0.4, 0.5) is 5.69 Å². The predicted molar refractivity (Wildman–Crippen MR) is 113 cm³/mol. The molecule has 0 heterocycles. The van der Waals surface area contributed by atoms with E-state index in [2.05, 4.69) is 5.32 Å². The van der Waals surface area contributed by atoms with Gasteiger partial charge in [-0.15, -0.1) is 11.8 Å². The lowest BCUT2D eigenvalue weighted by molar-refractivity contribution is -0.150. The van der Waals surface area contributed by atoms with Crippen LogP contribution in [0.5, 0.6) is 0 Å². The summed E-state index contributed by atoms with van der Waals surface area (Å²) in [6.07, 6.45) is 4.73. The van der Waals surface area contributed by atoms with E-state index in [1.165, 1.54) is 25.1 Å². The Balaban J connectivity index is 1.68. The maximum absolute atomic E-state index is 12.3. The molecule has 6 nitrogen and oxygen atoms in total. The van der Waals surface area contributed by atoms with E-state index in [0.29, 0.717) is 16.8 Å². The lowest BCUT2D eigenvalue weighted by Gasteiger charge is -2.31. The monoisotopic (exact) mass is 426 g/mol. The third kappa shape index (κ3) is 7.36. The summed E-state index contributed by atoms with van der Waals surface area (Å²) in [5.74, 6) is -0.679. The van der Waals surface area contributed by atoms with Crippen LogP contribution in [-0.2, 0) is 19.1 Å². The molecule has 0 unspecified atom stereocenters. The minimum atomic E-state index is -0.937. The van der Waals surface area contributed by atoms with E-state index in [9.17, 15) is 14.4 Å². The average molecular weight is 427 g/mol. The molecule has 0 aromatic heterocycles. The van der Waals surface area contributed by atoms with E-state index in [4.69, 9.17) is 16.3 Å². The molecule has 1 aromatic rings. The van der Waals surface area contributed by atoms with Crippen molar-refractivity contribution in [3.63, 3.8) is 0 Å². The molecule has 0 aliphatic heterocycles. The Bertz CT molecular complexity index is 695. The van der Waals surface area contributed by atoms with Gasteiger partial charge in [0.05, 0.1) is 11.5 Å². The normalized spacial score (nSPS) is 15.5. The fraction of sp³-hybridized carbons (Fsp3) is 0.550. The fourth-order valence-electron chi connectivity index (χ4n) is 3.09. The summed E-state index contributed by atoms with van der Waals surface area (Å²) >= 11 is 7.08. The Hall–Kier alpha value is -1.73. The number of amides is 2. The van der Waals surface area contributed by atoms with Gasteiger partial charge in [0.1, 0.15) is 0 Å². The number of carbonyl (C=O) groups excluding carboxylic acids is 3. The summed E-state index contributed by atoms with van der Waals surface area (Å²) in [6.45, 7) is 1.50. The SMILES string of the molecule is C[C@H](OC(=O)CSCC(=O)N(C)C1CCCCC1)C(=O)Nc1cccc(Cl)c1. The first-order valence-corrected chi connectivity index (χ1v) is 11.0. The first kappa shape index (κ1) is 22.6. The van der Waals surface area contributed by atoms with Crippen molar-refractivity contribution in [2.24, 2.45) is 0 Å². The van der Waals surface area contributed by atoms with Crippen LogP contribution < -0.4 is 5.32 Å². The number of esters is 1. The largest absolute Gasteiger partial charge is 0.452 e. The third-order valence-corrected chi connectivity index (χ3v) is 5.86. The zero-order valence-corrected chi connectivity index (χ0v) is 17.9. The second kappa shape index (κ2) is 11.3. The molecule has 1 fully saturated rings. The van der Waals surface area contributed by atoms with Crippen LogP contribution in [0.25, 0.3) is 0 Å². The van der Waals surface area contributed by atoms with Crippen molar-refractivity contribution in [1.29, 1.82) is 0 Å². The van der Waals surface area contributed by atoms with Gasteiger partial charge in [-0.25, -0.2) is 0 Å². The Morgan fingerprint density at radius 3 is 2.64 bits per heavy atom. The first-order valence-electron chi connectivity index (χ1n) is 9.46. The highest BCUT2D eigenvalue weighted by Crippen LogP contribution is 2.22. The van der Waals surface area contributed by atoms with Crippen molar-refractivity contribution in [3.05, 3.63) is 29.3 Å². The predicted octanol–water partition coefficient (Wildman–Crippen LogP) is 3.73. The molecule has 1 saturated carbocycles. The van der Waals surface area contributed by atoms with Crippen molar-refractivity contribution in [2.75, 3.05) is 23.9 Å². The molecule has 0 bridgehead atoms. The van der Waals surface area contributed by atoms with Gasteiger partial charge in [0, 0.05) is 23.8 Å². The Kier molecular flexibility index (Phi) is 9.12. The number of hydrogen-bond donors (Lipinski definition) is 1. The number of rotatable bonds is 8. The smallest absolute Gasteiger partial charge is 0.316 e. The van der Waals surface area contributed by atoms with Crippen molar-refractivity contribution in [1.82, 2.24) is 4.90 Å². The van der Waals surface area contributed by atoms with E-state index in [0.717, 1.165) is 25.7 Å². The lowest BCUT2D eigenvalue weighted by Crippen LogP contribution is -2.39. The van der Waals surface area contributed by atoms with Gasteiger partial charge in [-0.05, 0) is 38.0 Å². The lowest BCUT2D eigenvalue weighted by atomic mass is 9.94. The van der Waals surface area contributed by atoms with Gasteiger partial charge < -0.3 is 15.0 Å². The number of nitrogens with zero attached hydrogens (tertiary/aromatic N) is 1. The number of carbonyl (C=O) groups is 3. The Labute approximate surface area is 175 Å². The third-order valence-electron chi connectivity index (χ3n) is 4.73. The number of benzene rings is 1. The number of thioether (sulfide) groups is 1. The summed E-state index contributed by atoms with van der Waals surface area (Å²) < 4.78 is 5.14. The molecule has 0 radical (unpaired) electrons. The van der Waals surface area contributed by atoms with Crippen LogP contribution in [0.3, 0.4) is 0 Å². The highest BCUT2D eigenvalue weighted by Gasteiger charge is 2.23. The summed E-state index contributed by atoms with van der Waals surface area (Å²) in [6, 6.07) is 7.03. The molecule has 1 N–H and O–H groups in total. The summed E-state index contributed by atoms with van der Waals surface area (Å²) in [5, 5.41) is 3.15. The summed E-state index contributed by atoms with van der Waals surface area (Å²) in [4.78, 5) is 38.1. The number of halogens is 1. The quantitative estimate of drug-likeness (QED) is 0.641. The number of anilines is 1. The molecule has 1 aliphatic rings. The molecular formula is C20H27ClN2O4S. The van der Waals surface area contributed by atoms with Crippen molar-refractivity contribution in [2.45, 2.75) is 51.2 Å². The van der Waals surface area contributed by atoms with Crippen LogP contribution in [0.15, 0.2) is 24.3 Å². The van der Waals surface area contributed by atoms with Gasteiger partial charge in [0.25, 0.3) is 5.91 Å².